The van der Waals surface area contributed by atoms with Crippen molar-refractivity contribution >= 4 is 22.8 Å². The highest BCUT2D eigenvalue weighted by Gasteiger charge is 2.28. The Morgan fingerprint density at radius 2 is 1.93 bits per heavy atom. The van der Waals surface area contributed by atoms with E-state index in [1.165, 1.54) is 6.07 Å². The number of aliphatic carboxylic acids is 1. The van der Waals surface area contributed by atoms with Gasteiger partial charge in [-0.15, -0.1) is 0 Å². The Kier molecular flexibility index (Phi) is 8.03. The number of carbonyl (C=O) groups excluding carboxylic acids is 1. The maximum Gasteiger partial charge on any atom is 0.336 e. The summed E-state index contributed by atoms with van der Waals surface area (Å²) < 4.78 is 11.2. The van der Waals surface area contributed by atoms with E-state index in [2.05, 4.69) is 12.2 Å². The molecular formula is C23H31NO6. The molecule has 0 spiro atoms. The van der Waals surface area contributed by atoms with Crippen LogP contribution in [0.5, 0.6) is 5.75 Å². The zero-order valence-corrected chi connectivity index (χ0v) is 18.3. The van der Waals surface area contributed by atoms with Crippen LogP contribution in [0, 0.1) is 12.8 Å². The Bertz CT molecular complexity index is 964. The normalized spacial score (nSPS) is 14.2. The summed E-state index contributed by atoms with van der Waals surface area (Å²) in [5.74, 6) is -1.39. The number of hydrogen-bond donors (Lipinski definition) is 2. The van der Waals surface area contributed by atoms with Gasteiger partial charge in [0.25, 0.3) is 5.91 Å². The van der Waals surface area contributed by atoms with Gasteiger partial charge < -0.3 is 19.6 Å². The lowest BCUT2D eigenvalue weighted by Crippen LogP contribution is -2.49. The van der Waals surface area contributed by atoms with Crippen molar-refractivity contribution in [3.05, 3.63) is 39.7 Å². The van der Waals surface area contributed by atoms with Gasteiger partial charge in [0, 0.05) is 17.0 Å². The van der Waals surface area contributed by atoms with E-state index in [1.807, 2.05) is 13.0 Å². The lowest BCUT2D eigenvalue weighted by Gasteiger charge is -2.23. The molecule has 164 valence electrons. The van der Waals surface area contributed by atoms with Crippen molar-refractivity contribution < 1.29 is 23.8 Å². The molecule has 0 bridgehead atoms. The van der Waals surface area contributed by atoms with Crippen LogP contribution in [-0.4, -0.2) is 29.1 Å². The number of fused-ring (bicyclic) bond motifs is 1. The standard InChI is InChI=1S/C23H31NO6/c1-6-8-9-16-12-19(25)30-21-14(4)18(11-10-17(16)21)29-15(5)22(26)24-20(23(27)28)13(3)7-2/h10-13,15,20H,6-9H2,1-5H3,(H,24,26)(H,27,28)/t13-,15?,20-/m0/s1. The molecular weight excluding hydrogens is 386 g/mol. The molecule has 1 aromatic heterocycles. The van der Waals surface area contributed by atoms with E-state index in [4.69, 9.17) is 9.15 Å². The minimum Gasteiger partial charge on any atom is -0.480 e. The van der Waals surface area contributed by atoms with Gasteiger partial charge >= 0.3 is 11.6 Å². The Balaban J connectivity index is 2.26. The van der Waals surface area contributed by atoms with Gasteiger partial charge in [-0.1, -0.05) is 33.6 Å². The first-order valence-electron chi connectivity index (χ1n) is 10.5. The number of carboxylic acids is 1. The average Bonchev–Trinajstić information content (AvgIpc) is 2.71. The summed E-state index contributed by atoms with van der Waals surface area (Å²) in [6.45, 7) is 9.06. The molecule has 1 aromatic carbocycles. The maximum atomic E-state index is 12.5. The highest BCUT2D eigenvalue weighted by Crippen LogP contribution is 2.29. The number of unbranched alkanes of at least 4 members (excludes halogenated alkanes) is 1. The van der Waals surface area contributed by atoms with E-state index in [0.717, 1.165) is 30.2 Å². The summed E-state index contributed by atoms with van der Waals surface area (Å²) in [6, 6.07) is 4.12. The molecule has 0 saturated carbocycles. The summed E-state index contributed by atoms with van der Waals surface area (Å²) in [6.07, 6.45) is 2.47. The monoisotopic (exact) mass is 417 g/mol. The van der Waals surface area contributed by atoms with Crippen molar-refractivity contribution in [2.24, 2.45) is 5.92 Å². The summed E-state index contributed by atoms with van der Waals surface area (Å²) in [4.78, 5) is 36.0. The van der Waals surface area contributed by atoms with Crippen molar-refractivity contribution in [3.8, 4) is 5.75 Å². The summed E-state index contributed by atoms with van der Waals surface area (Å²) in [7, 11) is 0. The van der Waals surface area contributed by atoms with Crippen molar-refractivity contribution in [2.45, 2.75) is 72.4 Å². The minimum absolute atomic E-state index is 0.211. The number of rotatable bonds is 10. The zero-order valence-electron chi connectivity index (χ0n) is 18.3. The van der Waals surface area contributed by atoms with Gasteiger partial charge in [-0.05, 0) is 50.3 Å². The first kappa shape index (κ1) is 23.4. The van der Waals surface area contributed by atoms with Crippen LogP contribution in [0.3, 0.4) is 0 Å². The molecule has 0 aliphatic rings. The van der Waals surface area contributed by atoms with Gasteiger partial charge in [0.15, 0.2) is 6.10 Å². The van der Waals surface area contributed by atoms with Crippen molar-refractivity contribution in [2.75, 3.05) is 0 Å². The van der Waals surface area contributed by atoms with E-state index in [-0.39, 0.29) is 5.92 Å². The molecule has 1 amide bonds. The molecule has 1 unspecified atom stereocenters. The quantitative estimate of drug-likeness (QED) is 0.569. The number of carboxylic acid groups (broad SMARTS) is 1. The lowest BCUT2D eigenvalue weighted by molar-refractivity contribution is -0.144. The van der Waals surface area contributed by atoms with Crippen molar-refractivity contribution in [3.63, 3.8) is 0 Å². The van der Waals surface area contributed by atoms with Gasteiger partial charge in [0.05, 0.1) is 0 Å². The van der Waals surface area contributed by atoms with E-state index >= 15 is 0 Å². The number of nitrogens with one attached hydrogen (secondary N) is 1. The molecule has 0 radical (unpaired) electrons. The van der Waals surface area contributed by atoms with Crippen LogP contribution in [0.15, 0.2) is 27.4 Å². The topological polar surface area (TPSA) is 106 Å². The molecule has 1 heterocycles. The fourth-order valence-corrected chi connectivity index (χ4v) is 3.31. The molecule has 7 heteroatoms. The molecule has 2 N–H and O–H groups in total. The minimum atomic E-state index is -1.08. The van der Waals surface area contributed by atoms with Crippen LogP contribution in [0.2, 0.25) is 0 Å². The van der Waals surface area contributed by atoms with Crippen molar-refractivity contribution in [1.82, 2.24) is 5.32 Å². The van der Waals surface area contributed by atoms with E-state index in [1.54, 1.807) is 26.8 Å². The highest BCUT2D eigenvalue weighted by molar-refractivity contribution is 5.87. The van der Waals surface area contributed by atoms with E-state index in [0.29, 0.717) is 23.3 Å². The molecule has 7 nitrogen and oxygen atoms in total. The Hall–Kier alpha value is -2.83. The molecule has 30 heavy (non-hydrogen) atoms. The number of benzene rings is 1. The third-order valence-electron chi connectivity index (χ3n) is 5.45. The van der Waals surface area contributed by atoms with Crippen LogP contribution in [-0.2, 0) is 16.0 Å². The number of carbonyl (C=O) groups is 2. The van der Waals surface area contributed by atoms with E-state index in [9.17, 15) is 19.5 Å². The number of aryl methyl sites for hydroxylation is 2. The van der Waals surface area contributed by atoms with Crippen LogP contribution in [0.4, 0.5) is 0 Å². The maximum absolute atomic E-state index is 12.5. The summed E-state index contributed by atoms with van der Waals surface area (Å²) in [5.41, 5.74) is 1.58. The molecule has 2 rings (SSSR count). The fraction of sp³-hybridized carbons (Fsp3) is 0.522. The fourth-order valence-electron chi connectivity index (χ4n) is 3.31. The molecule has 0 fully saturated rings. The molecule has 0 aliphatic heterocycles. The van der Waals surface area contributed by atoms with Crippen LogP contribution in [0.1, 0.15) is 58.1 Å². The average molecular weight is 418 g/mol. The summed E-state index contributed by atoms with van der Waals surface area (Å²) >= 11 is 0. The third-order valence-corrected chi connectivity index (χ3v) is 5.45. The zero-order chi connectivity index (χ0) is 22.4. The number of hydrogen-bond acceptors (Lipinski definition) is 5. The van der Waals surface area contributed by atoms with E-state index < -0.39 is 29.6 Å². The molecule has 2 aromatic rings. The Morgan fingerprint density at radius 3 is 2.53 bits per heavy atom. The lowest BCUT2D eigenvalue weighted by atomic mass is 9.99. The second kappa shape index (κ2) is 10.3. The predicted molar refractivity (Wildman–Crippen MR) is 115 cm³/mol. The predicted octanol–water partition coefficient (Wildman–Crippen LogP) is 3.83. The largest absolute Gasteiger partial charge is 0.480 e. The first-order chi connectivity index (χ1) is 14.2. The van der Waals surface area contributed by atoms with Gasteiger partial charge in [0.1, 0.15) is 17.4 Å². The smallest absolute Gasteiger partial charge is 0.336 e. The second-order valence-corrected chi connectivity index (χ2v) is 7.73. The number of ether oxygens (including phenoxy) is 1. The summed E-state index contributed by atoms with van der Waals surface area (Å²) in [5, 5.41) is 12.8. The van der Waals surface area contributed by atoms with Crippen LogP contribution in [0.25, 0.3) is 11.0 Å². The first-order valence-corrected chi connectivity index (χ1v) is 10.5. The van der Waals surface area contributed by atoms with Gasteiger partial charge in [0.2, 0.25) is 0 Å². The van der Waals surface area contributed by atoms with Crippen LogP contribution >= 0.6 is 0 Å². The van der Waals surface area contributed by atoms with Gasteiger partial charge in [-0.25, -0.2) is 9.59 Å². The highest BCUT2D eigenvalue weighted by atomic mass is 16.5. The van der Waals surface area contributed by atoms with Crippen molar-refractivity contribution in [1.29, 1.82) is 0 Å². The molecule has 0 saturated heterocycles. The Morgan fingerprint density at radius 1 is 1.23 bits per heavy atom. The SMILES string of the molecule is CCCCc1cc(=O)oc2c(C)c(OC(C)C(=O)N[C@H](C(=O)O)[C@@H](C)CC)ccc12. The van der Waals surface area contributed by atoms with Gasteiger partial charge in [-0.3, -0.25) is 4.79 Å². The second-order valence-electron chi connectivity index (χ2n) is 7.73. The number of amides is 1. The Labute approximate surface area is 176 Å². The molecule has 3 atom stereocenters. The third kappa shape index (κ3) is 5.40. The van der Waals surface area contributed by atoms with Gasteiger partial charge in [-0.2, -0.15) is 0 Å². The molecule has 0 aliphatic carbocycles. The van der Waals surface area contributed by atoms with Crippen LogP contribution < -0.4 is 15.7 Å².